The first-order valence-electron chi connectivity index (χ1n) is 10.1. The van der Waals surface area contributed by atoms with Gasteiger partial charge in [0, 0.05) is 77.2 Å². The van der Waals surface area contributed by atoms with Gasteiger partial charge in [0.25, 0.3) is 0 Å². The maximum Gasteiger partial charge on any atom is 0.228 e. The van der Waals surface area contributed by atoms with E-state index in [4.69, 9.17) is 4.98 Å². The summed E-state index contributed by atoms with van der Waals surface area (Å²) < 4.78 is 0. The monoisotopic (exact) mass is 385 g/mol. The second-order valence-electron chi connectivity index (χ2n) is 8.19. The van der Waals surface area contributed by atoms with Crippen molar-refractivity contribution in [3.05, 3.63) is 23.3 Å². The average Bonchev–Trinajstić information content (AvgIpc) is 3.05. The van der Waals surface area contributed by atoms with Gasteiger partial charge in [0.05, 0.1) is 11.6 Å². The van der Waals surface area contributed by atoms with Crippen molar-refractivity contribution in [1.82, 2.24) is 24.7 Å². The number of nitrogens with zero attached hydrogens (tertiary/aromatic N) is 5. The first kappa shape index (κ1) is 18.8. The van der Waals surface area contributed by atoms with E-state index in [0.717, 1.165) is 36.5 Å². The van der Waals surface area contributed by atoms with E-state index in [9.17, 15) is 14.4 Å². The Bertz CT molecular complexity index is 811. The van der Waals surface area contributed by atoms with Gasteiger partial charge < -0.3 is 14.7 Å². The van der Waals surface area contributed by atoms with Crippen LogP contribution in [0.5, 0.6) is 0 Å². The summed E-state index contributed by atoms with van der Waals surface area (Å²) in [5, 5.41) is 0. The summed E-state index contributed by atoms with van der Waals surface area (Å²) >= 11 is 0. The molecule has 150 valence electrons. The van der Waals surface area contributed by atoms with E-state index in [2.05, 4.69) is 4.98 Å². The summed E-state index contributed by atoms with van der Waals surface area (Å²) in [6, 6.07) is 0. The van der Waals surface area contributed by atoms with Crippen LogP contribution in [0.15, 0.2) is 6.20 Å². The minimum Gasteiger partial charge on any atom is -0.345 e. The zero-order valence-electron chi connectivity index (χ0n) is 16.6. The molecule has 0 bridgehead atoms. The van der Waals surface area contributed by atoms with Gasteiger partial charge in [0.1, 0.15) is 5.82 Å². The number of fused-ring (bicyclic) bond motifs is 1. The fourth-order valence-corrected chi connectivity index (χ4v) is 4.48. The lowest BCUT2D eigenvalue weighted by Crippen LogP contribution is -2.41. The van der Waals surface area contributed by atoms with Gasteiger partial charge in [-0.25, -0.2) is 9.97 Å². The standard InChI is InChI=1S/C20H27N5O3/c1-13(26)24-6-3-4-14(11-24)19-21-9-16-12-25(7-5-17(16)22-19)20(28)15-8-18(27)23(2)10-15/h9,14-15H,3-8,10-12H2,1-2H3/t14-,15+/m0/s1. The summed E-state index contributed by atoms with van der Waals surface area (Å²) in [7, 11) is 1.75. The minimum atomic E-state index is -0.237. The number of piperidine rings is 1. The molecule has 0 spiro atoms. The molecule has 4 rings (SSSR count). The third-order valence-electron chi connectivity index (χ3n) is 6.19. The van der Waals surface area contributed by atoms with Gasteiger partial charge in [-0.15, -0.1) is 0 Å². The van der Waals surface area contributed by atoms with Crippen molar-refractivity contribution in [2.75, 3.05) is 33.2 Å². The third-order valence-corrected chi connectivity index (χ3v) is 6.19. The van der Waals surface area contributed by atoms with Crippen molar-refractivity contribution in [2.45, 2.75) is 45.1 Å². The molecule has 3 aliphatic heterocycles. The van der Waals surface area contributed by atoms with Crippen molar-refractivity contribution in [3.63, 3.8) is 0 Å². The van der Waals surface area contributed by atoms with Gasteiger partial charge in [-0.2, -0.15) is 0 Å². The van der Waals surface area contributed by atoms with Crippen molar-refractivity contribution in [1.29, 1.82) is 0 Å². The number of likely N-dealkylation sites (tertiary alicyclic amines) is 2. The molecule has 8 nitrogen and oxygen atoms in total. The fraction of sp³-hybridized carbons (Fsp3) is 0.650. The molecule has 1 aromatic rings. The first-order chi connectivity index (χ1) is 13.4. The average molecular weight is 385 g/mol. The highest BCUT2D eigenvalue weighted by Crippen LogP contribution is 2.27. The number of aromatic nitrogens is 2. The highest BCUT2D eigenvalue weighted by molar-refractivity contribution is 5.89. The molecule has 28 heavy (non-hydrogen) atoms. The molecule has 8 heteroatoms. The predicted molar refractivity (Wildman–Crippen MR) is 101 cm³/mol. The van der Waals surface area contributed by atoms with E-state index in [0.29, 0.717) is 39.0 Å². The zero-order chi connectivity index (χ0) is 19.8. The quantitative estimate of drug-likeness (QED) is 0.743. The number of carbonyl (C=O) groups is 3. The van der Waals surface area contributed by atoms with Crippen molar-refractivity contribution in [2.24, 2.45) is 5.92 Å². The molecule has 3 aliphatic rings. The van der Waals surface area contributed by atoms with Gasteiger partial charge in [-0.3, -0.25) is 14.4 Å². The van der Waals surface area contributed by atoms with Gasteiger partial charge in [-0.05, 0) is 12.8 Å². The molecular formula is C20H27N5O3. The Hall–Kier alpha value is -2.51. The number of rotatable bonds is 2. The van der Waals surface area contributed by atoms with Crippen LogP contribution in [-0.2, 0) is 27.3 Å². The lowest BCUT2D eigenvalue weighted by atomic mass is 9.96. The highest BCUT2D eigenvalue weighted by Gasteiger charge is 2.36. The zero-order valence-corrected chi connectivity index (χ0v) is 16.6. The van der Waals surface area contributed by atoms with Crippen LogP contribution in [0.4, 0.5) is 0 Å². The van der Waals surface area contributed by atoms with E-state index in [1.807, 2.05) is 16.0 Å². The van der Waals surface area contributed by atoms with Crippen LogP contribution in [0.3, 0.4) is 0 Å². The van der Waals surface area contributed by atoms with E-state index in [-0.39, 0.29) is 29.6 Å². The van der Waals surface area contributed by atoms with Gasteiger partial charge in [-0.1, -0.05) is 0 Å². The van der Waals surface area contributed by atoms with E-state index in [1.165, 1.54) is 0 Å². The normalized spacial score (nSPS) is 25.1. The topological polar surface area (TPSA) is 86.7 Å². The number of hydrogen-bond donors (Lipinski definition) is 0. The molecular weight excluding hydrogens is 358 g/mol. The van der Waals surface area contributed by atoms with Crippen LogP contribution in [0, 0.1) is 5.92 Å². The number of carbonyl (C=O) groups excluding carboxylic acids is 3. The Morgan fingerprint density at radius 3 is 2.71 bits per heavy atom. The SMILES string of the molecule is CC(=O)N1CCC[C@H](c2ncc3c(n2)CCN(C(=O)[C@@H]2CC(=O)N(C)C2)C3)C1. The predicted octanol–water partition coefficient (Wildman–Crippen LogP) is 0.566. The van der Waals surface area contributed by atoms with Crippen LogP contribution < -0.4 is 0 Å². The smallest absolute Gasteiger partial charge is 0.228 e. The second-order valence-corrected chi connectivity index (χ2v) is 8.19. The first-order valence-corrected chi connectivity index (χ1v) is 10.1. The molecule has 2 saturated heterocycles. The highest BCUT2D eigenvalue weighted by atomic mass is 16.2. The molecule has 2 atom stereocenters. The summed E-state index contributed by atoms with van der Waals surface area (Å²) in [6.45, 7) is 4.74. The van der Waals surface area contributed by atoms with Crippen LogP contribution in [0.2, 0.25) is 0 Å². The molecule has 0 aromatic carbocycles. The third kappa shape index (κ3) is 3.59. The fourth-order valence-electron chi connectivity index (χ4n) is 4.48. The molecule has 0 unspecified atom stereocenters. The second kappa shape index (κ2) is 7.48. The molecule has 0 saturated carbocycles. The van der Waals surface area contributed by atoms with Crippen molar-refractivity contribution < 1.29 is 14.4 Å². The Balaban J connectivity index is 1.44. The van der Waals surface area contributed by atoms with Crippen molar-refractivity contribution in [3.8, 4) is 0 Å². The Morgan fingerprint density at radius 2 is 2.00 bits per heavy atom. The summed E-state index contributed by atoms with van der Waals surface area (Å²) in [4.78, 5) is 50.9. The lowest BCUT2D eigenvalue weighted by molar-refractivity contribution is -0.136. The summed E-state index contributed by atoms with van der Waals surface area (Å²) in [5.74, 6) is 0.953. The van der Waals surface area contributed by atoms with Gasteiger partial charge in [0.2, 0.25) is 17.7 Å². The molecule has 0 N–H and O–H groups in total. The summed E-state index contributed by atoms with van der Waals surface area (Å²) in [5.41, 5.74) is 1.99. The Morgan fingerprint density at radius 1 is 1.18 bits per heavy atom. The van der Waals surface area contributed by atoms with Gasteiger partial charge in [0.15, 0.2) is 0 Å². The number of hydrogen-bond acceptors (Lipinski definition) is 5. The molecule has 0 aliphatic carbocycles. The molecule has 3 amide bonds. The Kier molecular flexibility index (Phi) is 5.03. The van der Waals surface area contributed by atoms with Crippen LogP contribution in [0.1, 0.15) is 49.2 Å². The number of amides is 3. The molecule has 1 aromatic heterocycles. The van der Waals surface area contributed by atoms with E-state index in [1.54, 1.807) is 18.9 Å². The van der Waals surface area contributed by atoms with Gasteiger partial charge >= 0.3 is 0 Å². The molecule has 4 heterocycles. The summed E-state index contributed by atoms with van der Waals surface area (Å²) in [6.07, 6.45) is 4.83. The van der Waals surface area contributed by atoms with Crippen LogP contribution in [-0.4, -0.2) is 75.6 Å². The van der Waals surface area contributed by atoms with Crippen LogP contribution in [0.25, 0.3) is 0 Å². The van der Waals surface area contributed by atoms with Crippen molar-refractivity contribution >= 4 is 17.7 Å². The minimum absolute atomic E-state index is 0.0378. The maximum atomic E-state index is 12.8. The lowest BCUT2D eigenvalue weighted by Gasteiger charge is -2.33. The Labute approximate surface area is 164 Å². The maximum absolute atomic E-state index is 12.8. The van der Waals surface area contributed by atoms with Crippen LogP contribution >= 0.6 is 0 Å². The molecule has 2 fully saturated rings. The van der Waals surface area contributed by atoms with E-state index >= 15 is 0 Å². The van der Waals surface area contributed by atoms with E-state index < -0.39 is 0 Å². The largest absolute Gasteiger partial charge is 0.345 e. The molecule has 0 radical (unpaired) electrons.